The van der Waals surface area contributed by atoms with Crippen molar-refractivity contribution in [1.82, 2.24) is 0 Å². The molecule has 0 aliphatic heterocycles. The first-order valence-corrected chi connectivity index (χ1v) is 4.80. The molecular formula is C11H15P. The van der Waals surface area contributed by atoms with E-state index < -0.39 is 0 Å². The fourth-order valence-electron chi connectivity index (χ4n) is 1.28. The molecule has 1 heteroatoms. The van der Waals surface area contributed by atoms with Gasteiger partial charge in [-0.1, -0.05) is 30.9 Å². The molecule has 0 nitrogen and oxygen atoms in total. The summed E-state index contributed by atoms with van der Waals surface area (Å²) < 4.78 is 0. The Balaban J connectivity index is 2.93. The van der Waals surface area contributed by atoms with Crippen molar-refractivity contribution in [3.8, 4) is 0 Å². The van der Waals surface area contributed by atoms with E-state index in [0.29, 0.717) is 0 Å². The highest BCUT2D eigenvalue weighted by molar-refractivity contribution is 7.22. The zero-order chi connectivity index (χ0) is 8.97. The summed E-state index contributed by atoms with van der Waals surface area (Å²) in [6.07, 6.45) is 10.6. The first kappa shape index (κ1) is 9.48. The predicted molar refractivity (Wildman–Crippen MR) is 59.1 cm³/mol. The minimum atomic E-state index is 1.13. The topological polar surface area (TPSA) is 0 Å². The summed E-state index contributed by atoms with van der Waals surface area (Å²) in [5.41, 5.74) is 2.66. The highest BCUT2D eigenvalue weighted by Gasteiger charge is 2.05. The molecule has 64 valence electrons. The molecule has 0 saturated carbocycles. The molecule has 0 spiro atoms. The van der Waals surface area contributed by atoms with Crippen LogP contribution < -0.4 is 0 Å². The van der Waals surface area contributed by atoms with Gasteiger partial charge in [-0.3, -0.25) is 0 Å². The zero-order valence-electron chi connectivity index (χ0n) is 7.51. The third kappa shape index (κ3) is 2.19. The van der Waals surface area contributed by atoms with E-state index in [-0.39, 0.29) is 0 Å². The Hall–Kier alpha value is -0.610. The van der Waals surface area contributed by atoms with Gasteiger partial charge in [0.15, 0.2) is 0 Å². The molecule has 0 heterocycles. The van der Waals surface area contributed by atoms with Crippen molar-refractivity contribution in [2.24, 2.45) is 0 Å². The summed E-state index contributed by atoms with van der Waals surface area (Å²) in [6, 6.07) is 0. The predicted octanol–water partition coefficient (Wildman–Crippen LogP) is 3.60. The molecule has 0 N–H and O–H groups in total. The molecule has 12 heavy (non-hydrogen) atoms. The molecule has 1 unspecified atom stereocenters. The van der Waals surface area contributed by atoms with Crippen LogP contribution in [0.1, 0.15) is 19.8 Å². The average Bonchev–Trinajstić information content (AvgIpc) is 2.09. The van der Waals surface area contributed by atoms with E-state index in [1.807, 2.05) is 13.0 Å². The summed E-state index contributed by atoms with van der Waals surface area (Å²) in [5, 5.41) is 1.40. The van der Waals surface area contributed by atoms with E-state index in [1.165, 1.54) is 16.5 Å². The molecule has 1 rings (SSSR count). The molecule has 1 atom stereocenters. The van der Waals surface area contributed by atoms with Gasteiger partial charge in [0.2, 0.25) is 0 Å². The largest absolute Gasteiger partial charge is 0.109 e. The summed E-state index contributed by atoms with van der Waals surface area (Å²) in [7, 11) is 2.81. The van der Waals surface area contributed by atoms with Gasteiger partial charge in [0.25, 0.3) is 0 Å². The maximum absolute atomic E-state index is 3.78. The lowest BCUT2D eigenvalue weighted by atomic mass is 9.99. The Morgan fingerprint density at radius 2 is 2.25 bits per heavy atom. The van der Waals surface area contributed by atoms with Crippen LogP contribution in [0, 0.1) is 0 Å². The maximum atomic E-state index is 3.78. The van der Waals surface area contributed by atoms with Crippen molar-refractivity contribution in [2.45, 2.75) is 19.8 Å². The first-order valence-electron chi connectivity index (χ1n) is 4.22. The van der Waals surface area contributed by atoms with E-state index >= 15 is 0 Å². The van der Waals surface area contributed by atoms with Gasteiger partial charge >= 0.3 is 0 Å². The standard InChI is InChI=1S/C11H15P/c1-3-5-10-8-9(4-2)6-7-11(10)12/h3-5,8H,2,6-7,12H2,1H3/b5-3+. The maximum Gasteiger partial charge on any atom is -0.0226 e. The van der Waals surface area contributed by atoms with Crippen LogP contribution in [0.3, 0.4) is 0 Å². The summed E-state index contributed by atoms with van der Waals surface area (Å²) in [6.45, 7) is 5.82. The van der Waals surface area contributed by atoms with Crippen molar-refractivity contribution in [3.05, 3.63) is 47.3 Å². The second-order valence-electron chi connectivity index (χ2n) is 2.90. The molecule has 0 aromatic carbocycles. The quantitative estimate of drug-likeness (QED) is 0.567. The van der Waals surface area contributed by atoms with Crippen LogP contribution in [0.2, 0.25) is 0 Å². The summed E-state index contributed by atoms with van der Waals surface area (Å²) >= 11 is 0. The number of hydrogen-bond donors (Lipinski definition) is 0. The fourth-order valence-corrected chi connectivity index (χ4v) is 1.61. The SMILES string of the molecule is C=CC1=CC(/C=C/C)=C(P)CC1. The minimum absolute atomic E-state index is 1.13. The Morgan fingerprint density at radius 3 is 2.83 bits per heavy atom. The van der Waals surface area contributed by atoms with E-state index in [0.717, 1.165) is 12.8 Å². The van der Waals surface area contributed by atoms with Gasteiger partial charge < -0.3 is 0 Å². The molecule has 0 saturated heterocycles. The van der Waals surface area contributed by atoms with Crippen LogP contribution in [-0.4, -0.2) is 0 Å². The van der Waals surface area contributed by atoms with Crippen LogP contribution in [0.5, 0.6) is 0 Å². The Labute approximate surface area is 77.0 Å². The third-order valence-electron chi connectivity index (χ3n) is 2.00. The van der Waals surface area contributed by atoms with E-state index in [9.17, 15) is 0 Å². The fraction of sp³-hybridized carbons (Fsp3) is 0.273. The van der Waals surface area contributed by atoms with Crippen molar-refractivity contribution in [3.63, 3.8) is 0 Å². The number of hydrogen-bond acceptors (Lipinski definition) is 0. The van der Waals surface area contributed by atoms with Crippen molar-refractivity contribution >= 4 is 9.24 Å². The van der Waals surface area contributed by atoms with Crippen molar-refractivity contribution in [2.75, 3.05) is 0 Å². The van der Waals surface area contributed by atoms with Crippen LogP contribution >= 0.6 is 9.24 Å². The molecule has 0 aromatic heterocycles. The zero-order valence-corrected chi connectivity index (χ0v) is 8.66. The Bertz CT molecular complexity index is 267. The Kier molecular flexibility index (Phi) is 3.49. The lowest BCUT2D eigenvalue weighted by molar-refractivity contribution is 0.967. The molecule has 1 aliphatic carbocycles. The lowest BCUT2D eigenvalue weighted by Crippen LogP contribution is -1.91. The van der Waals surface area contributed by atoms with Crippen molar-refractivity contribution in [1.29, 1.82) is 0 Å². The van der Waals surface area contributed by atoms with Crippen LogP contribution in [0.4, 0.5) is 0 Å². The molecule has 0 aromatic rings. The molecule has 0 bridgehead atoms. The number of rotatable bonds is 2. The smallest absolute Gasteiger partial charge is 0.0226 e. The molecule has 1 aliphatic rings. The molecule has 0 amide bonds. The summed E-state index contributed by atoms with van der Waals surface area (Å²) in [5.74, 6) is 0. The molecule has 0 fully saturated rings. The normalized spacial score (nSPS) is 18.3. The lowest BCUT2D eigenvalue weighted by Gasteiger charge is -2.12. The van der Waals surface area contributed by atoms with Gasteiger partial charge in [-0.25, -0.2) is 0 Å². The average molecular weight is 178 g/mol. The molecular weight excluding hydrogens is 163 g/mol. The number of allylic oxidation sites excluding steroid dienone is 7. The van der Waals surface area contributed by atoms with Gasteiger partial charge in [0.05, 0.1) is 0 Å². The van der Waals surface area contributed by atoms with Crippen molar-refractivity contribution < 1.29 is 0 Å². The van der Waals surface area contributed by atoms with Gasteiger partial charge in [0, 0.05) is 0 Å². The van der Waals surface area contributed by atoms with Crippen LogP contribution in [0.15, 0.2) is 47.3 Å². The van der Waals surface area contributed by atoms with Gasteiger partial charge in [-0.2, -0.15) is 0 Å². The highest BCUT2D eigenvalue weighted by atomic mass is 31.0. The second kappa shape index (κ2) is 4.42. The Morgan fingerprint density at radius 1 is 1.50 bits per heavy atom. The van der Waals surface area contributed by atoms with E-state index in [4.69, 9.17) is 0 Å². The van der Waals surface area contributed by atoms with Gasteiger partial charge in [0.1, 0.15) is 0 Å². The van der Waals surface area contributed by atoms with E-state index in [2.05, 4.69) is 34.0 Å². The van der Waals surface area contributed by atoms with Crippen LogP contribution in [0.25, 0.3) is 0 Å². The molecule has 0 radical (unpaired) electrons. The van der Waals surface area contributed by atoms with E-state index in [1.54, 1.807) is 0 Å². The third-order valence-corrected chi connectivity index (χ3v) is 2.63. The van der Waals surface area contributed by atoms with Crippen LogP contribution in [-0.2, 0) is 0 Å². The minimum Gasteiger partial charge on any atom is -0.109 e. The van der Waals surface area contributed by atoms with Gasteiger partial charge in [-0.15, -0.1) is 9.24 Å². The first-order chi connectivity index (χ1) is 5.77. The second-order valence-corrected chi connectivity index (χ2v) is 3.60. The van der Waals surface area contributed by atoms with Gasteiger partial charge in [-0.05, 0) is 36.2 Å². The monoisotopic (exact) mass is 178 g/mol. The highest BCUT2D eigenvalue weighted by Crippen LogP contribution is 2.29. The summed E-state index contributed by atoms with van der Waals surface area (Å²) in [4.78, 5) is 0.